The van der Waals surface area contributed by atoms with Gasteiger partial charge in [0.15, 0.2) is 11.5 Å². The smallest absolute Gasteiger partial charge is 0.262 e. The fourth-order valence-electron chi connectivity index (χ4n) is 2.97. The zero-order valence-corrected chi connectivity index (χ0v) is 18.7. The van der Waals surface area contributed by atoms with Gasteiger partial charge < -0.3 is 19.9 Å². The highest BCUT2D eigenvalue weighted by atomic mass is 16.5. The van der Waals surface area contributed by atoms with Crippen LogP contribution in [0.4, 0.5) is 0 Å². The molecule has 2 aromatic rings. The fraction of sp³-hybridized carbons (Fsp3) is 0.292. The number of allylic oxidation sites excluding steroid dienone is 1. The van der Waals surface area contributed by atoms with Crippen LogP contribution >= 0.6 is 0 Å². The Balaban J connectivity index is 2.09. The number of benzene rings is 2. The molecule has 2 amide bonds. The van der Waals surface area contributed by atoms with Crippen LogP contribution in [0, 0.1) is 5.92 Å². The highest BCUT2D eigenvalue weighted by Gasteiger charge is 2.24. The van der Waals surface area contributed by atoms with Crippen molar-refractivity contribution >= 4 is 18.0 Å². The molecule has 170 valence electrons. The zero-order valence-electron chi connectivity index (χ0n) is 18.7. The number of ether oxygens (including phenoxy) is 2. The normalized spacial score (nSPS) is 11.8. The number of phenols is 1. The van der Waals surface area contributed by atoms with E-state index in [-0.39, 0.29) is 17.6 Å². The van der Waals surface area contributed by atoms with Gasteiger partial charge in [0.1, 0.15) is 11.8 Å². The van der Waals surface area contributed by atoms with E-state index in [9.17, 15) is 14.7 Å². The standard InChI is InChI=1S/C24H29N3O5/c1-6-7-18-12-16(13-20(32-5)22(18)28)14-25-27-24(30)21(15(2)3)26-23(29)17-8-10-19(31-4)11-9-17/h6,8-15,21,28H,1,7H2,2-5H3,(H,26,29)(H,27,30). The quantitative estimate of drug-likeness (QED) is 0.300. The van der Waals surface area contributed by atoms with Gasteiger partial charge in [0.2, 0.25) is 0 Å². The lowest BCUT2D eigenvalue weighted by Crippen LogP contribution is -2.48. The van der Waals surface area contributed by atoms with Crippen molar-refractivity contribution in [1.29, 1.82) is 0 Å². The van der Waals surface area contributed by atoms with Crippen LogP contribution in [0.3, 0.4) is 0 Å². The summed E-state index contributed by atoms with van der Waals surface area (Å²) in [6.45, 7) is 7.33. The van der Waals surface area contributed by atoms with Gasteiger partial charge in [0, 0.05) is 11.1 Å². The molecule has 0 aliphatic carbocycles. The van der Waals surface area contributed by atoms with Crippen LogP contribution in [0.5, 0.6) is 17.2 Å². The number of hydrazone groups is 1. The monoisotopic (exact) mass is 439 g/mol. The summed E-state index contributed by atoms with van der Waals surface area (Å²) in [6.07, 6.45) is 3.55. The number of hydrogen-bond acceptors (Lipinski definition) is 6. The molecule has 1 unspecified atom stereocenters. The van der Waals surface area contributed by atoms with Crippen LogP contribution < -0.4 is 20.2 Å². The summed E-state index contributed by atoms with van der Waals surface area (Å²) < 4.78 is 10.3. The van der Waals surface area contributed by atoms with Crippen molar-refractivity contribution < 1.29 is 24.2 Å². The van der Waals surface area contributed by atoms with E-state index in [1.807, 2.05) is 13.8 Å². The Morgan fingerprint density at radius 2 is 1.84 bits per heavy atom. The summed E-state index contributed by atoms with van der Waals surface area (Å²) in [5.41, 5.74) is 4.13. The molecule has 8 nitrogen and oxygen atoms in total. The third-order valence-corrected chi connectivity index (χ3v) is 4.74. The number of carbonyl (C=O) groups excluding carboxylic acids is 2. The average Bonchev–Trinajstić information content (AvgIpc) is 2.79. The molecule has 0 fully saturated rings. The van der Waals surface area contributed by atoms with Gasteiger partial charge in [-0.3, -0.25) is 9.59 Å². The SMILES string of the molecule is C=CCc1cc(C=NNC(=O)C(NC(=O)c2ccc(OC)cc2)C(C)C)cc(OC)c1O. The maximum absolute atomic E-state index is 12.7. The lowest BCUT2D eigenvalue weighted by Gasteiger charge is -2.20. The highest BCUT2D eigenvalue weighted by molar-refractivity contribution is 5.97. The van der Waals surface area contributed by atoms with Gasteiger partial charge in [-0.25, -0.2) is 5.43 Å². The predicted molar refractivity (Wildman–Crippen MR) is 123 cm³/mol. The molecule has 0 spiro atoms. The van der Waals surface area contributed by atoms with Gasteiger partial charge in [0.25, 0.3) is 11.8 Å². The van der Waals surface area contributed by atoms with Crippen LogP contribution in [0.15, 0.2) is 54.2 Å². The molecule has 2 aromatic carbocycles. The van der Waals surface area contributed by atoms with Gasteiger partial charge in [-0.1, -0.05) is 19.9 Å². The largest absolute Gasteiger partial charge is 0.504 e. The molecule has 0 radical (unpaired) electrons. The maximum atomic E-state index is 12.7. The first kappa shape index (κ1) is 24.5. The van der Waals surface area contributed by atoms with Crippen molar-refractivity contribution in [2.45, 2.75) is 26.3 Å². The van der Waals surface area contributed by atoms with E-state index < -0.39 is 11.9 Å². The molecule has 0 bridgehead atoms. The van der Waals surface area contributed by atoms with E-state index in [2.05, 4.69) is 22.4 Å². The molecule has 8 heteroatoms. The van der Waals surface area contributed by atoms with Crippen molar-refractivity contribution in [3.63, 3.8) is 0 Å². The van der Waals surface area contributed by atoms with Crippen molar-refractivity contribution in [1.82, 2.24) is 10.7 Å². The van der Waals surface area contributed by atoms with E-state index >= 15 is 0 Å². The van der Waals surface area contributed by atoms with Crippen molar-refractivity contribution in [3.8, 4) is 17.2 Å². The summed E-state index contributed by atoms with van der Waals surface area (Å²) in [6, 6.07) is 9.14. The number of phenolic OH excluding ortho intramolecular Hbond substituents is 1. The molecule has 32 heavy (non-hydrogen) atoms. The van der Waals surface area contributed by atoms with Crippen LogP contribution in [0.1, 0.15) is 35.3 Å². The Hall–Kier alpha value is -3.81. The minimum atomic E-state index is -0.785. The van der Waals surface area contributed by atoms with Crippen molar-refractivity contribution in [2.24, 2.45) is 11.0 Å². The van der Waals surface area contributed by atoms with Gasteiger partial charge in [-0.15, -0.1) is 6.58 Å². The third kappa shape index (κ3) is 6.34. The van der Waals surface area contributed by atoms with Crippen LogP contribution in [0.25, 0.3) is 0 Å². The lowest BCUT2D eigenvalue weighted by atomic mass is 10.0. The van der Waals surface area contributed by atoms with Crippen molar-refractivity contribution in [2.75, 3.05) is 14.2 Å². The second-order valence-corrected chi connectivity index (χ2v) is 7.38. The average molecular weight is 440 g/mol. The van der Waals surface area contributed by atoms with Gasteiger partial charge in [-0.2, -0.15) is 5.10 Å². The Morgan fingerprint density at radius 1 is 1.16 bits per heavy atom. The number of methoxy groups -OCH3 is 2. The van der Waals surface area contributed by atoms with Crippen LogP contribution in [0.2, 0.25) is 0 Å². The highest BCUT2D eigenvalue weighted by Crippen LogP contribution is 2.31. The van der Waals surface area contributed by atoms with E-state index in [0.29, 0.717) is 34.6 Å². The van der Waals surface area contributed by atoms with Crippen molar-refractivity contribution in [3.05, 3.63) is 65.7 Å². The number of amides is 2. The molecule has 3 N–H and O–H groups in total. The Labute approximate surface area is 187 Å². The number of aromatic hydroxyl groups is 1. The van der Waals surface area contributed by atoms with E-state index in [0.717, 1.165) is 0 Å². The first-order valence-electron chi connectivity index (χ1n) is 10.1. The Bertz CT molecular complexity index is 984. The van der Waals surface area contributed by atoms with Crippen LogP contribution in [-0.2, 0) is 11.2 Å². The van der Waals surface area contributed by atoms with Gasteiger partial charge >= 0.3 is 0 Å². The summed E-state index contributed by atoms with van der Waals surface area (Å²) in [5.74, 6) is -0.0202. The lowest BCUT2D eigenvalue weighted by molar-refractivity contribution is -0.123. The van der Waals surface area contributed by atoms with Gasteiger partial charge in [-0.05, 0) is 54.3 Å². The topological polar surface area (TPSA) is 109 Å². The molecule has 0 aromatic heterocycles. The zero-order chi connectivity index (χ0) is 23.7. The first-order chi connectivity index (χ1) is 15.3. The molecule has 0 saturated heterocycles. The fourth-order valence-corrected chi connectivity index (χ4v) is 2.97. The molecule has 0 saturated carbocycles. The second kappa shape index (κ2) is 11.5. The third-order valence-electron chi connectivity index (χ3n) is 4.74. The first-order valence-corrected chi connectivity index (χ1v) is 10.1. The number of nitrogens with one attached hydrogen (secondary N) is 2. The van der Waals surface area contributed by atoms with E-state index in [4.69, 9.17) is 9.47 Å². The van der Waals surface area contributed by atoms with E-state index in [1.165, 1.54) is 13.3 Å². The Morgan fingerprint density at radius 3 is 2.41 bits per heavy atom. The second-order valence-electron chi connectivity index (χ2n) is 7.38. The number of nitrogens with zero attached hydrogens (tertiary/aromatic N) is 1. The summed E-state index contributed by atoms with van der Waals surface area (Å²) >= 11 is 0. The molecule has 1 atom stereocenters. The predicted octanol–water partition coefficient (Wildman–Crippen LogP) is 3.04. The Kier molecular flexibility index (Phi) is 8.83. The number of carbonyl (C=O) groups is 2. The minimum Gasteiger partial charge on any atom is -0.504 e. The molecule has 0 aliphatic rings. The van der Waals surface area contributed by atoms with Gasteiger partial charge in [0.05, 0.1) is 20.4 Å². The molecule has 2 rings (SSSR count). The molecule has 0 heterocycles. The number of rotatable bonds is 10. The van der Waals surface area contributed by atoms with E-state index in [1.54, 1.807) is 49.6 Å². The number of hydrogen-bond donors (Lipinski definition) is 3. The molecule has 0 aliphatic heterocycles. The molecular formula is C24H29N3O5. The van der Waals surface area contributed by atoms with Crippen LogP contribution in [-0.4, -0.2) is 43.4 Å². The maximum Gasteiger partial charge on any atom is 0.262 e. The summed E-state index contributed by atoms with van der Waals surface area (Å²) in [5, 5.41) is 16.9. The molecular weight excluding hydrogens is 410 g/mol. The minimum absolute atomic E-state index is 0.0368. The summed E-state index contributed by atoms with van der Waals surface area (Å²) in [4.78, 5) is 25.2. The summed E-state index contributed by atoms with van der Waals surface area (Å²) in [7, 11) is 3.00.